The van der Waals surface area contributed by atoms with E-state index in [1.54, 1.807) is 12.1 Å². The number of anilines is 1. The largest absolute Gasteiger partial charge is 0.324 e. The second kappa shape index (κ2) is 3.53. The van der Waals surface area contributed by atoms with Gasteiger partial charge in [0.1, 0.15) is 10.9 Å². The fourth-order valence-corrected chi connectivity index (χ4v) is 2.82. The minimum Gasteiger partial charge on any atom is -0.324 e. The van der Waals surface area contributed by atoms with Crippen LogP contribution in [0.15, 0.2) is 12.1 Å². The molecule has 88 valence electrons. The van der Waals surface area contributed by atoms with Gasteiger partial charge in [0.25, 0.3) is 0 Å². The van der Waals surface area contributed by atoms with E-state index in [2.05, 4.69) is 10.3 Å². The molecule has 0 radical (unpaired) electrons. The number of nitrogens with one attached hydrogen (secondary N) is 1. The topological polar surface area (TPSA) is 59.1 Å². The van der Waals surface area contributed by atoms with Crippen LogP contribution in [-0.4, -0.2) is 16.7 Å². The summed E-state index contributed by atoms with van der Waals surface area (Å²) in [5, 5.41) is 3.21. The minimum atomic E-state index is -0.631. The maximum atomic E-state index is 12.1. The number of aromatic nitrogens is 1. The zero-order valence-electron chi connectivity index (χ0n) is 9.12. The molecule has 1 aromatic rings. The third kappa shape index (κ3) is 1.47. The first kappa shape index (κ1) is 10.7. The Balaban J connectivity index is 2.09. The molecule has 3 rings (SSSR count). The third-order valence-electron chi connectivity index (χ3n) is 3.66. The standard InChI is InChI=1S/C12H11ClN2O2/c13-9-2-1-8-10(15-9)12(11(17)14-8)5-3-7(16)4-6-12/h1-2H,3-6H2,(H,14,17). The van der Waals surface area contributed by atoms with E-state index in [9.17, 15) is 9.59 Å². The van der Waals surface area contributed by atoms with Gasteiger partial charge < -0.3 is 5.32 Å². The number of fused-ring (bicyclic) bond motifs is 2. The lowest BCUT2D eigenvalue weighted by Crippen LogP contribution is -2.39. The van der Waals surface area contributed by atoms with E-state index in [-0.39, 0.29) is 11.7 Å². The molecule has 17 heavy (non-hydrogen) atoms. The second-order valence-corrected chi connectivity index (χ2v) is 4.99. The fourth-order valence-electron chi connectivity index (χ4n) is 2.67. The Morgan fingerprint density at radius 3 is 2.65 bits per heavy atom. The van der Waals surface area contributed by atoms with Crippen molar-refractivity contribution in [2.45, 2.75) is 31.1 Å². The number of hydrogen-bond acceptors (Lipinski definition) is 3. The maximum absolute atomic E-state index is 12.1. The van der Waals surface area contributed by atoms with Gasteiger partial charge in [0.05, 0.1) is 16.8 Å². The summed E-state index contributed by atoms with van der Waals surface area (Å²) in [5.74, 6) is 0.175. The van der Waals surface area contributed by atoms with E-state index in [1.165, 1.54) is 0 Å². The number of Topliss-reactive ketones (excluding diaryl/α,β-unsaturated/α-hetero) is 1. The summed E-state index contributed by atoms with van der Waals surface area (Å²) in [6.07, 6.45) is 1.97. The molecule has 1 fully saturated rings. The molecule has 0 aromatic carbocycles. The maximum Gasteiger partial charge on any atom is 0.236 e. The molecule has 0 unspecified atom stereocenters. The highest BCUT2D eigenvalue weighted by Crippen LogP contribution is 2.45. The summed E-state index contributed by atoms with van der Waals surface area (Å²) < 4.78 is 0. The molecule has 1 spiro atoms. The van der Waals surface area contributed by atoms with Gasteiger partial charge in [-0.3, -0.25) is 9.59 Å². The lowest BCUT2D eigenvalue weighted by atomic mass is 9.72. The van der Waals surface area contributed by atoms with Crippen LogP contribution in [0.5, 0.6) is 0 Å². The van der Waals surface area contributed by atoms with Crippen LogP contribution >= 0.6 is 11.6 Å². The first-order chi connectivity index (χ1) is 8.12. The highest BCUT2D eigenvalue weighted by molar-refractivity contribution is 6.29. The van der Waals surface area contributed by atoms with Gasteiger partial charge >= 0.3 is 0 Å². The molecule has 1 amide bonds. The average Bonchev–Trinajstić information content (AvgIpc) is 2.57. The van der Waals surface area contributed by atoms with Crippen molar-refractivity contribution in [3.63, 3.8) is 0 Å². The van der Waals surface area contributed by atoms with Gasteiger partial charge in [-0.2, -0.15) is 0 Å². The van der Waals surface area contributed by atoms with Crippen molar-refractivity contribution in [2.24, 2.45) is 0 Å². The summed E-state index contributed by atoms with van der Waals surface area (Å²) in [6.45, 7) is 0. The van der Waals surface area contributed by atoms with E-state index in [1.807, 2.05) is 0 Å². The Labute approximate surface area is 103 Å². The van der Waals surface area contributed by atoms with Crippen LogP contribution in [0.2, 0.25) is 5.15 Å². The van der Waals surface area contributed by atoms with E-state index in [0.717, 1.165) is 5.69 Å². The highest BCUT2D eigenvalue weighted by atomic mass is 35.5. The molecule has 0 bridgehead atoms. The second-order valence-electron chi connectivity index (χ2n) is 4.61. The van der Waals surface area contributed by atoms with Gasteiger partial charge in [-0.1, -0.05) is 11.6 Å². The van der Waals surface area contributed by atoms with Gasteiger partial charge in [0.2, 0.25) is 5.91 Å². The van der Waals surface area contributed by atoms with E-state index in [4.69, 9.17) is 11.6 Å². The summed E-state index contributed by atoms with van der Waals surface area (Å²) in [5.41, 5.74) is 0.810. The van der Waals surface area contributed by atoms with E-state index in [0.29, 0.717) is 36.5 Å². The number of ketones is 1. The number of nitrogens with zero attached hydrogens (tertiary/aromatic N) is 1. The number of halogens is 1. The van der Waals surface area contributed by atoms with Crippen molar-refractivity contribution in [3.8, 4) is 0 Å². The van der Waals surface area contributed by atoms with Crippen molar-refractivity contribution in [3.05, 3.63) is 23.0 Å². The Morgan fingerprint density at radius 2 is 1.94 bits per heavy atom. The third-order valence-corrected chi connectivity index (χ3v) is 3.87. The summed E-state index contributed by atoms with van der Waals surface area (Å²) in [7, 11) is 0. The monoisotopic (exact) mass is 250 g/mol. The normalized spacial score (nSPS) is 21.5. The van der Waals surface area contributed by atoms with Crippen LogP contribution < -0.4 is 5.32 Å². The summed E-state index contributed by atoms with van der Waals surface area (Å²) in [6, 6.07) is 3.43. The number of hydrogen-bond donors (Lipinski definition) is 1. The Kier molecular flexibility index (Phi) is 2.23. The molecule has 0 saturated heterocycles. The van der Waals surface area contributed by atoms with Crippen LogP contribution in [0.4, 0.5) is 5.69 Å². The number of carbonyl (C=O) groups is 2. The summed E-state index contributed by atoms with van der Waals surface area (Å²) >= 11 is 5.89. The van der Waals surface area contributed by atoms with Gasteiger partial charge in [-0.25, -0.2) is 4.98 Å². The SMILES string of the molecule is O=C1CCC2(CC1)C(=O)Nc1ccc(Cl)nc12. The van der Waals surface area contributed by atoms with Gasteiger partial charge in [-0.15, -0.1) is 0 Å². The zero-order chi connectivity index (χ0) is 12.0. The van der Waals surface area contributed by atoms with E-state index >= 15 is 0 Å². The van der Waals surface area contributed by atoms with Crippen molar-refractivity contribution < 1.29 is 9.59 Å². The van der Waals surface area contributed by atoms with Gasteiger partial charge in [0, 0.05) is 12.8 Å². The Morgan fingerprint density at radius 1 is 1.24 bits per heavy atom. The lowest BCUT2D eigenvalue weighted by Gasteiger charge is -2.29. The Bertz CT molecular complexity index is 517. The molecule has 2 heterocycles. The first-order valence-corrected chi connectivity index (χ1v) is 6.00. The smallest absolute Gasteiger partial charge is 0.236 e. The van der Waals surface area contributed by atoms with Crippen LogP contribution in [-0.2, 0) is 15.0 Å². The predicted octanol–water partition coefficient (Wildman–Crippen LogP) is 2.07. The van der Waals surface area contributed by atoms with Crippen LogP contribution in [0.1, 0.15) is 31.4 Å². The van der Waals surface area contributed by atoms with Gasteiger partial charge in [-0.05, 0) is 25.0 Å². The van der Waals surface area contributed by atoms with Crippen LogP contribution in [0.25, 0.3) is 0 Å². The quantitative estimate of drug-likeness (QED) is 0.717. The lowest BCUT2D eigenvalue weighted by molar-refractivity contribution is -0.126. The minimum absolute atomic E-state index is 0.0465. The average molecular weight is 251 g/mol. The molecule has 1 N–H and O–H groups in total. The number of carbonyl (C=O) groups excluding carboxylic acids is 2. The van der Waals surface area contributed by atoms with Crippen molar-refractivity contribution in [1.82, 2.24) is 4.98 Å². The van der Waals surface area contributed by atoms with Crippen molar-refractivity contribution in [2.75, 3.05) is 5.32 Å². The Hall–Kier alpha value is -1.42. The zero-order valence-corrected chi connectivity index (χ0v) is 9.88. The number of amides is 1. The first-order valence-electron chi connectivity index (χ1n) is 5.62. The number of pyridine rings is 1. The predicted molar refractivity (Wildman–Crippen MR) is 63.0 cm³/mol. The molecular weight excluding hydrogens is 240 g/mol. The van der Waals surface area contributed by atoms with Crippen molar-refractivity contribution >= 4 is 29.0 Å². The van der Waals surface area contributed by atoms with Crippen molar-refractivity contribution in [1.29, 1.82) is 0 Å². The molecule has 4 nitrogen and oxygen atoms in total. The molecule has 1 aliphatic heterocycles. The molecule has 2 aliphatic rings. The molecule has 1 aromatic heterocycles. The molecular formula is C12H11ClN2O2. The highest BCUT2D eigenvalue weighted by Gasteiger charge is 2.49. The molecule has 1 saturated carbocycles. The van der Waals surface area contributed by atoms with E-state index < -0.39 is 5.41 Å². The van der Waals surface area contributed by atoms with Crippen LogP contribution in [0, 0.1) is 0 Å². The number of rotatable bonds is 0. The fraction of sp³-hybridized carbons (Fsp3) is 0.417. The van der Waals surface area contributed by atoms with Gasteiger partial charge in [0.15, 0.2) is 0 Å². The molecule has 5 heteroatoms. The molecule has 0 atom stereocenters. The summed E-state index contributed by atoms with van der Waals surface area (Å²) in [4.78, 5) is 27.7. The van der Waals surface area contributed by atoms with Crippen LogP contribution in [0.3, 0.4) is 0 Å². The molecule has 1 aliphatic carbocycles.